The lowest BCUT2D eigenvalue weighted by molar-refractivity contribution is 0.668. The fourth-order valence-electron chi connectivity index (χ4n) is 8.21. The SMILES string of the molecule is c1cc(-c2cccc(N(c3ccc(-c4ccc5oc6ccccc6c5c4)cc3)c3cccc4c3oc3ccccc34)c2)cc(-c2cccc3ccccc23)c1. The van der Waals surface area contributed by atoms with Crippen LogP contribution in [0.3, 0.4) is 0 Å². The molecule has 3 heteroatoms. The Morgan fingerprint density at radius 1 is 0.309 bits per heavy atom. The predicted molar refractivity (Wildman–Crippen MR) is 229 cm³/mol. The summed E-state index contributed by atoms with van der Waals surface area (Å²) >= 11 is 0. The maximum absolute atomic E-state index is 6.63. The van der Waals surface area contributed by atoms with Gasteiger partial charge in [-0.1, -0.05) is 140 Å². The summed E-state index contributed by atoms with van der Waals surface area (Å²) < 4.78 is 12.8. The van der Waals surface area contributed by atoms with E-state index in [4.69, 9.17) is 8.83 Å². The van der Waals surface area contributed by atoms with Crippen LogP contribution in [0.5, 0.6) is 0 Å². The molecule has 0 spiro atoms. The Bertz CT molecular complexity index is 3220. The Morgan fingerprint density at radius 2 is 0.891 bits per heavy atom. The van der Waals surface area contributed by atoms with E-state index in [-0.39, 0.29) is 0 Å². The molecule has 0 N–H and O–H groups in total. The Hall–Kier alpha value is -7.36. The van der Waals surface area contributed by atoms with Crippen LogP contribution in [0.4, 0.5) is 17.1 Å². The summed E-state index contributed by atoms with van der Waals surface area (Å²) in [6.45, 7) is 0. The first-order valence-electron chi connectivity index (χ1n) is 18.7. The second kappa shape index (κ2) is 12.6. The Morgan fingerprint density at radius 3 is 1.75 bits per heavy atom. The monoisotopic (exact) mass is 703 g/mol. The summed E-state index contributed by atoms with van der Waals surface area (Å²) in [5.41, 5.74) is 13.6. The molecule has 0 fully saturated rings. The van der Waals surface area contributed by atoms with Crippen molar-refractivity contribution in [3.8, 4) is 33.4 Å². The number of anilines is 3. The van der Waals surface area contributed by atoms with E-state index in [1.54, 1.807) is 0 Å². The Balaban J connectivity index is 1.04. The molecule has 9 aromatic carbocycles. The summed E-state index contributed by atoms with van der Waals surface area (Å²) in [6.07, 6.45) is 0. The van der Waals surface area contributed by atoms with Gasteiger partial charge in [-0.2, -0.15) is 0 Å². The van der Waals surface area contributed by atoms with E-state index >= 15 is 0 Å². The molecule has 11 aromatic rings. The fraction of sp³-hybridized carbons (Fsp3) is 0. The van der Waals surface area contributed by atoms with Crippen LogP contribution < -0.4 is 4.90 Å². The third kappa shape index (κ3) is 5.28. The molecular formula is C52H33NO2. The number of para-hydroxylation sites is 3. The van der Waals surface area contributed by atoms with Crippen LogP contribution in [-0.2, 0) is 0 Å². The number of fused-ring (bicyclic) bond motifs is 7. The molecular weight excluding hydrogens is 671 g/mol. The van der Waals surface area contributed by atoms with Gasteiger partial charge in [-0.05, 0) is 105 Å². The van der Waals surface area contributed by atoms with Crippen LogP contribution >= 0.6 is 0 Å². The van der Waals surface area contributed by atoms with Gasteiger partial charge in [0.05, 0.1) is 5.69 Å². The smallest absolute Gasteiger partial charge is 0.159 e. The zero-order valence-electron chi connectivity index (χ0n) is 29.8. The molecule has 0 saturated heterocycles. The molecule has 2 aromatic heterocycles. The van der Waals surface area contributed by atoms with E-state index in [9.17, 15) is 0 Å². The average molecular weight is 704 g/mol. The van der Waals surface area contributed by atoms with E-state index in [1.165, 1.54) is 21.9 Å². The lowest BCUT2D eigenvalue weighted by atomic mass is 9.95. The lowest BCUT2D eigenvalue weighted by Gasteiger charge is -2.26. The summed E-state index contributed by atoms with van der Waals surface area (Å²) in [7, 11) is 0. The van der Waals surface area contributed by atoms with Crippen LogP contribution in [0.15, 0.2) is 209 Å². The van der Waals surface area contributed by atoms with E-state index in [2.05, 4.69) is 181 Å². The first-order chi connectivity index (χ1) is 27.2. The zero-order valence-corrected chi connectivity index (χ0v) is 29.8. The molecule has 0 aliphatic carbocycles. The number of benzene rings is 9. The van der Waals surface area contributed by atoms with Crippen LogP contribution in [0.1, 0.15) is 0 Å². The van der Waals surface area contributed by atoms with Gasteiger partial charge >= 0.3 is 0 Å². The van der Waals surface area contributed by atoms with Gasteiger partial charge in [0.2, 0.25) is 0 Å². The van der Waals surface area contributed by atoms with Crippen LogP contribution in [0, 0.1) is 0 Å². The van der Waals surface area contributed by atoms with E-state index in [0.717, 1.165) is 83.2 Å². The third-order valence-electron chi connectivity index (χ3n) is 10.9. The maximum atomic E-state index is 6.63. The summed E-state index contributed by atoms with van der Waals surface area (Å²) in [6, 6.07) is 71.1. The van der Waals surface area contributed by atoms with Gasteiger partial charge in [-0.15, -0.1) is 0 Å². The van der Waals surface area contributed by atoms with Crippen LogP contribution in [0.2, 0.25) is 0 Å². The molecule has 0 radical (unpaired) electrons. The molecule has 11 rings (SSSR count). The molecule has 2 heterocycles. The first-order valence-corrected chi connectivity index (χ1v) is 18.7. The van der Waals surface area contributed by atoms with E-state index < -0.39 is 0 Å². The second-order valence-corrected chi connectivity index (χ2v) is 14.1. The van der Waals surface area contributed by atoms with Gasteiger partial charge in [-0.25, -0.2) is 0 Å². The fourth-order valence-corrected chi connectivity index (χ4v) is 8.21. The largest absolute Gasteiger partial charge is 0.456 e. The van der Waals surface area contributed by atoms with Crippen molar-refractivity contribution in [1.82, 2.24) is 0 Å². The number of nitrogens with zero attached hydrogens (tertiary/aromatic N) is 1. The van der Waals surface area contributed by atoms with Crippen molar-refractivity contribution in [2.75, 3.05) is 4.90 Å². The molecule has 0 aliphatic heterocycles. The van der Waals surface area contributed by atoms with Crippen LogP contribution in [-0.4, -0.2) is 0 Å². The molecule has 0 aliphatic rings. The normalized spacial score (nSPS) is 11.6. The summed E-state index contributed by atoms with van der Waals surface area (Å²) in [5.74, 6) is 0. The zero-order chi connectivity index (χ0) is 36.3. The highest BCUT2D eigenvalue weighted by Gasteiger charge is 2.20. The highest BCUT2D eigenvalue weighted by Crippen LogP contribution is 2.44. The number of hydrogen-bond acceptors (Lipinski definition) is 3. The van der Waals surface area contributed by atoms with Crippen molar-refractivity contribution in [1.29, 1.82) is 0 Å². The first kappa shape index (κ1) is 31.2. The molecule has 0 saturated carbocycles. The minimum absolute atomic E-state index is 0.855. The second-order valence-electron chi connectivity index (χ2n) is 14.1. The van der Waals surface area contributed by atoms with Crippen molar-refractivity contribution in [2.45, 2.75) is 0 Å². The maximum Gasteiger partial charge on any atom is 0.159 e. The van der Waals surface area contributed by atoms with Crippen molar-refractivity contribution < 1.29 is 8.83 Å². The Kier molecular flexibility index (Phi) is 7.17. The number of furan rings is 2. The molecule has 0 amide bonds. The average Bonchev–Trinajstić information content (AvgIpc) is 3.83. The third-order valence-corrected chi connectivity index (χ3v) is 10.9. The van der Waals surface area contributed by atoms with Gasteiger partial charge in [0.15, 0.2) is 5.58 Å². The molecule has 0 atom stereocenters. The van der Waals surface area contributed by atoms with Crippen LogP contribution in [0.25, 0.3) is 88.0 Å². The highest BCUT2D eigenvalue weighted by molar-refractivity contribution is 6.10. The summed E-state index contributed by atoms with van der Waals surface area (Å²) in [5, 5.41) is 6.94. The van der Waals surface area contributed by atoms with Crippen molar-refractivity contribution in [2.24, 2.45) is 0 Å². The van der Waals surface area contributed by atoms with E-state index in [0.29, 0.717) is 0 Å². The lowest BCUT2D eigenvalue weighted by Crippen LogP contribution is -2.10. The van der Waals surface area contributed by atoms with Crippen molar-refractivity contribution in [3.63, 3.8) is 0 Å². The van der Waals surface area contributed by atoms with E-state index in [1.807, 2.05) is 24.3 Å². The standard InChI is InChI=1S/C52H33NO2/c1-2-17-42-35(11-1)12-9-20-43(42)39-15-7-13-36(31-39)37-14-8-16-41(32-37)53(48-22-10-21-46-44-18-3-6-24-50(44)55-52(46)48)40-28-25-34(26-29-40)38-27-30-51-47(33-38)45-19-4-5-23-49(45)54-51/h1-33H. The van der Waals surface area contributed by atoms with Gasteiger partial charge in [-0.3, -0.25) is 0 Å². The number of hydrogen-bond donors (Lipinski definition) is 0. The molecule has 0 bridgehead atoms. The molecule has 55 heavy (non-hydrogen) atoms. The Labute approximate surface area is 317 Å². The number of rotatable bonds is 6. The molecule has 258 valence electrons. The minimum Gasteiger partial charge on any atom is -0.456 e. The van der Waals surface area contributed by atoms with Gasteiger partial charge in [0.25, 0.3) is 0 Å². The van der Waals surface area contributed by atoms with Gasteiger partial charge < -0.3 is 13.7 Å². The van der Waals surface area contributed by atoms with Gasteiger partial charge in [0.1, 0.15) is 16.7 Å². The summed E-state index contributed by atoms with van der Waals surface area (Å²) in [4.78, 5) is 2.32. The highest BCUT2D eigenvalue weighted by atomic mass is 16.3. The van der Waals surface area contributed by atoms with Crippen molar-refractivity contribution >= 4 is 71.7 Å². The van der Waals surface area contributed by atoms with Crippen molar-refractivity contribution in [3.05, 3.63) is 200 Å². The predicted octanol–water partition coefficient (Wildman–Crippen LogP) is 15.1. The molecule has 0 unspecified atom stereocenters. The quantitative estimate of drug-likeness (QED) is 0.173. The topological polar surface area (TPSA) is 29.5 Å². The van der Waals surface area contributed by atoms with Gasteiger partial charge in [0, 0.05) is 32.9 Å². The molecule has 3 nitrogen and oxygen atoms in total. The minimum atomic E-state index is 0.855.